The zero-order chi connectivity index (χ0) is 13.7. The Morgan fingerprint density at radius 1 is 1.32 bits per heavy atom. The topological polar surface area (TPSA) is 65.5 Å². The zero-order valence-electron chi connectivity index (χ0n) is 10.6. The highest BCUT2D eigenvalue weighted by Gasteiger charge is 2.06. The molecule has 2 N–H and O–H groups in total. The highest BCUT2D eigenvalue weighted by Crippen LogP contribution is 2.27. The van der Waals surface area contributed by atoms with Crippen LogP contribution < -0.4 is 5.73 Å². The Bertz CT molecular complexity index is 599. The Balaban J connectivity index is 2.16. The second-order valence-electron chi connectivity index (χ2n) is 3.87. The summed E-state index contributed by atoms with van der Waals surface area (Å²) >= 11 is 0. The third-order valence-corrected chi connectivity index (χ3v) is 2.52. The van der Waals surface area contributed by atoms with Crippen LogP contribution in [0.1, 0.15) is 12.7 Å². The van der Waals surface area contributed by atoms with E-state index in [1.165, 1.54) is 6.08 Å². The smallest absolute Gasteiger partial charge is 0.330 e. The first kappa shape index (κ1) is 13.0. The van der Waals surface area contributed by atoms with Gasteiger partial charge < -0.3 is 14.9 Å². The molecule has 1 heterocycles. The maximum Gasteiger partial charge on any atom is 0.330 e. The SMILES string of the molecule is CCOC(=O)/C=C/c1ccc(-c2ccccc2N)o1. The van der Waals surface area contributed by atoms with Gasteiger partial charge in [-0.05, 0) is 37.3 Å². The van der Waals surface area contributed by atoms with Gasteiger partial charge in [-0.25, -0.2) is 4.79 Å². The summed E-state index contributed by atoms with van der Waals surface area (Å²) < 4.78 is 10.4. The van der Waals surface area contributed by atoms with Crippen LogP contribution in [-0.2, 0) is 9.53 Å². The van der Waals surface area contributed by atoms with Crippen LogP contribution in [0.25, 0.3) is 17.4 Å². The van der Waals surface area contributed by atoms with Crippen LogP contribution in [0.3, 0.4) is 0 Å². The fraction of sp³-hybridized carbons (Fsp3) is 0.133. The van der Waals surface area contributed by atoms with Gasteiger partial charge in [0.25, 0.3) is 0 Å². The van der Waals surface area contributed by atoms with Gasteiger partial charge in [0.05, 0.1) is 6.61 Å². The molecule has 0 aliphatic rings. The number of hydrogen-bond acceptors (Lipinski definition) is 4. The average molecular weight is 257 g/mol. The minimum Gasteiger partial charge on any atom is -0.463 e. The van der Waals surface area contributed by atoms with Crippen LogP contribution in [0.15, 0.2) is 46.9 Å². The van der Waals surface area contributed by atoms with E-state index < -0.39 is 0 Å². The van der Waals surface area contributed by atoms with E-state index >= 15 is 0 Å². The number of rotatable bonds is 4. The van der Waals surface area contributed by atoms with Gasteiger partial charge in [-0.15, -0.1) is 0 Å². The number of carbonyl (C=O) groups is 1. The summed E-state index contributed by atoms with van der Waals surface area (Å²) in [6.07, 6.45) is 2.90. The number of nitrogens with two attached hydrogens (primary N) is 1. The predicted octanol–water partition coefficient (Wildman–Crippen LogP) is 3.11. The molecule has 2 rings (SSSR count). The fourth-order valence-electron chi connectivity index (χ4n) is 1.65. The van der Waals surface area contributed by atoms with Crippen molar-refractivity contribution in [3.8, 4) is 11.3 Å². The van der Waals surface area contributed by atoms with Gasteiger partial charge in [-0.1, -0.05) is 12.1 Å². The second kappa shape index (κ2) is 5.91. The largest absolute Gasteiger partial charge is 0.463 e. The average Bonchev–Trinajstić information content (AvgIpc) is 2.86. The number of carbonyl (C=O) groups excluding carboxylic acids is 1. The lowest BCUT2D eigenvalue weighted by Crippen LogP contribution is -1.98. The first-order valence-corrected chi connectivity index (χ1v) is 6.00. The minimum atomic E-state index is -0.389. The third kappa shape index (κ3) is 3.25. The molecule has 4 nitrogen and oxygen atoms in total. The van der Waals surface area contributed by atoms with Crippen molar-refractivity contribution in [3.05, 3.63) is 48.2 Å². The molecule has 4 heteroatoms. The van der Waals surface area contributed by atoms with E-state index in [9.17, 15) is 4.79 Å². The molecule has 0 unspecified atom stereocenters. The molecule has 0 aliphatic heterocycles. The number of para-hydroxylation sites is 1. The molecule has 0 aliphatic carbocycles. The third-order valence-electron chi connectivity index (χ3n) is 2.52. The molecule has 1 aromatic heterocycles. The summed E-state index contributed by atoms with van der Waals surface area (Å²) in [6, 6.07) is 11.0. The van der Waals surface area contributed by atoms with Crippen LogP contribution in [0.2, 0.25) is 0 Å². The van der Waals surface area contributed by atoms with E-state index in [2.05, 4.69) is 0 Å². The molecule has 98 valence electrons. The molecule has 0 atom stereocenters. The van der Waals surface area contributed by atoms with Crippen molar-refractivity contribution >= 4 is 17.7 Å². The summed E-state index contributed by atoms with van der Waals surface area (Å²) in [4.78, 5) is 11.2. The fourth-order valence-corrected chi connectivity index (χ4v) is 1.65. The van der Waals surface area contributed by atoms with E-state index in [0.29, 0.717) is 23.8 Å². The molecule has 0 fully saturated rings. The lowest BCUT2D eigenvalue weighted by Gasteiger charge is -2.00. The highest BCUT2D eigenvalue weighted by atomic mass is 16.5. The van der Waals surface area contributed by atoms with Crippen molar-refractivity contribution in [3.63, 3.8) is 0 Å². The minimum absolute atomic E-state index is 0.354. The Labute approximate surface area is 111 Å². The molecular weight excluding hydrogens is 242 g/mol. The Kier molecular flexibility index (Phi) is 4.03. The van der Waals surface area contributed by atoms with Gasteiger partial charge in [0.2, 0.25) is 0 Å². The van der Waals surface area contributed by atoms with Crippen molar-refractivity contribution in [1.29, 1.82) is 0 Å². The standard InChI is InChI=1S/C15H15NO3/c1-2-18-15(17)10-8-11-7-9-14(19-11)12-5-3-4-6-13(12)16/h3-10H,2,16H2,1H3/b10-8+. The summed E-state index contributed by atoms with van der Waals surface area (Å²) in [7, 11) is 0. The van der Waals surface area contributed by atoms with Crippen molar-refractivity contribution in [2.75, 3.05) is 12.3 Å². The van der Waals surface area contributed by atoms with Crippen LogP contribution in [-0.4, -0.2) is 12.6 Å². The first-order valence-electron chi connectivity index (χ1n) is 6.00. The number of hydrogen-bond donors (Lipinski definition) is 1. The van der Waals surface area contributed by atoms with Gasteiger partial charge in [-0.3, -0.25) is 0 Å². The normalized spacial score (nSPS) is 10.8. The quantitative estimate of drug-likeness (QED) is 0.519. The molecule has 0 bridgehead atoms. The molecule has 2 aromatic rings. The molecule has 1 aromatic carbocycles. The van der Waals surface area contributed by atoms with Crippen molar-refractivity contribution in [1.82, 2.24) is 0 Å². The van der Waals surface area contributed by atoms with E-state index in [0.717, 1.165) is 5.56 Å². The summed E-state index contributed by atoms with van der Waals surface area (Å²) in [5.41, 5.74) is 7.35. The van der Waals surface area contributed by atoms with Crippen LogP contribution in [0, 0.1) is 0 Å². The maximum absolute atomic E-state index is 11.2. The zero-order valence-corrected chi connectivity index (χ0v) is 10.6. The lowest BCUT2D eigenvalue weighted by atomic mass is 10.1. The number of anilines is 1. The van der Waals surface area contributed by atoms with Crippen molar-refractivity contribution in [2.24, 2.45) is 0 Å². The van der Waals surface area contributed by atoms with Crippen molar-refractivity contribution < 1.29 is 13.9 Å². The monoisotopic (exact) mass is 257 g/mol. The summed E-state index contributed by atoms with van der Waals surface area (Å²) in [6.45, 7) is 2.11. The lowest BCUT2D eigenvalue weighted by molar-refractivity contribution is -0.137. The Morgan fingerprint density at radius 3 is 2.84 bits per heavy atom. The van der Waals surface area contributed by atoms with Gasteiger partial charge >= 0.3 is 5.97 Å². The Morgan fingerprint density at radius 2 is 2.11 bits per heavy atom. The van der Waals surface area contributed by atoms with E-state index in [1.807, 2.05) is 30.3 Å². The number of ether oxygens (including phenoxy) is 1. The van der Waals surface area contributed by atoms with E-state index in [4.69, 9.17) is 14.9 Å². The van der Waals surface area contributed by atoms with Gasteiger partial charge in [-0.2, -0.15) is 0 Å². The number of nitrogen functional groups attached to an aromatic ring is 1. The molecular formula is C15H15NO3. The maximum atomic E-state index is 11.2. The van der Waals surface area contributed by atoms with E-state index in [1.54, 1.807) is 19.1 Å². The molecule has 0 saturated carbocycles. The summed E-state index contributed by atoms with van der Waals surface area (Å²) in [5.74, 6) is 0.854. The second-order valence-corrected chi connectivity index (χ2v) is 3.87. The van der Waals surface area contributed by atoms with Gasteiger partial charge in [0.15, 0.2) is 0 Å². The molecule has 0 saturated heterocycles. The molecule has 0 radical (unpaired) electrons. The highest BCUT2D eigenvalue weighted by molar-refractivity contribution is 5.86. The number of furan rings is 1. The van der Waals surface area contributed by atoms with Crippen LogP contribution >= 0.6 is 0 Å². The number of esters is 1. The van der Waals surface area contributed by atoms with E-state index in [-0.39, 0.29) is 5.97 Å². The molecule has 19 heavy (non-hydrogen) atoms. The number of benzene rings is 1. The van der Waals surface area contributed by atoms with Gasteiger partial charge in [0, 0.05) is 17.3 Å². The molecule has 0 amide bonds. The van der Waals surface area contributed by atoms with Gasteiger partial charge in [0.1, 0.15) is 11.5 Å². The Hall–Kier alpha value is -2.49. The molecule has 0 spiro atoms. The van der Waals surface area contributed by atoms with Crippen LogP contribution in [0.4, 0.5) is 5.69 Å². The summed E-state index contributed by atoms with van der Waals surface area (Å²) in [5, 5.41) is 0. The van der Waals surface area contributed by atoms with Crippen LogP contribution in [0.5, 0.6) is 0 Å². The predicted molar refractivity (Wildman–Crippen MR) is 74.2 cm³/mol. The first-order chi connectivity index (χ1) is 9.20. The van der Waals surface area contributed by atoms with Crippen molar-refractivity contribution in [2.45, 2.75) is 6.92 Å².